The smallest absolute Gasteiger partial charge is 0.137 e. The summed E-state index contributed by atoms with van der Waals surface area (Å²) in [5.41, 5.74) is 6.01. The van der Waals surface area contributed by atoms with Gasteiger partial charge in [-0.05, 0) is 6.07 Å². The molecule has 13 heavy (non-hydrogen) atoms. The summed E-state index contributed by atoms with van der Waals surface area (Å²) in [7, 11) is 0. The van der Waals surface area contributed by atoms with Crippen LogP contribution in [0.5, 0.6) is 5.75 Å². The zero-order valence-corrected chi connectivity index (χ0v) is 7.83. The third kappa shape index (κ3) is 2.12. The predicted molar refractivity (Wildman–Crippen MR) is 52.0 cm³/mol. The van der Waals surface area contributed by atoms with Crippen LogP contribution in [0, 0.1) is 0 Å². The van der Waals surface area contributed by atoms with Crippen molar-refractivity contribution < 1.29 is 10.2 Å². The molecule has 0 radical (unpaired) electrons. The minimum Gasteiger partial charge on any atom is -0.506 e. The summed E-state index contributed by atoms with van der Waals surface area (Å²) >= 11 is 5.70. The minimum absolute atomic E-state index is 0.00802. The van der Waals surface area contributed by atoms with Crippen molar-refractivity contribution in [3.63, 3.8) is 0 Å². The van der Waals surface area contributed by atoms with Crippen molar-refractivity contribution >= 4 is 11.6 Å². The van der Waals surface area contributed by atoms with Crippen LogP contribution in [0.4, 0.5) is 0 Å². The SMILES string of the molecule is NCC(CO)c1cccc(Cl)c1O. The van der Waals surface area contributed by atoms with Gasteiger partial charge in [0, 0.05) is 18.0 Å². The van der Waals surface area contributed by atoms with Gasteiger partial charge in [0.15, 0.2) is 0 Å². The quantitative estimate of drug-likeness (QED) is 0.686. The van der Waals surface area contributed by atoms with Gasteiger partial charge in [0.05, 0.1) is 11.6 Å². The van der Waals surface area contributed by atoms with Crippen molar-refractivity contribution in [1.29, 1.82) is 0 Å². The molecule has 0 heterocycles. The lowest BCUT2D eigenvalue weighted by atomic mass is 9.99. The molecule has 4 heteroatoms. The fourth-order valence-corrected chi connectivity index (χ4v) is 1.34. The minimum atomic E-state index is -0.251. The lowest BCUT2D eigenvalue weighted by molar-refractivity contribution is 0.265. The van der Waals surface area contributed by atoms with E-state index in [-0.39, 0.29) is 29.8 Å². The van der Waals surface area contributed by atoms with Gasteiger partial charge in [0.2, 0.25) is 0 Å². The Morgan fingerprint density at radius 1 is 1.46 bits per heavy atom. The van der Waals surface area contributed by atoms with E-state index in [1.54, 1.807) is 18.2 Å². The van der Waals surface area contributed by atoms with Gasteiger partial charge in [-0.2, -0.15) is 0 Å². The number of hydrogen-bond acceptors (Lipinski definition) is 3. The van der Waals surface area contributed by atoms with Gasteiger partial charge in [-0.1, -0.05) is 23.7 Å². The van der Waals surface area contributed by atoms with E-state index in [9.17, 15) is 5.11 Å². The first-order valence-corrected chi connectivity index (χ1v) is 4.36. The molecule has 0 amide bonds. The average Bonchev–Trinajstić information content (AvgIpc) is 2.14. The Morgan fingerprint density at radius 2 is 2.15 bits per heavy atom. The highest BCUT2D eigenvalue weighted by Crippen LogP contribution is 2.31. The van der Waals surface area contributed by atoms with E-state index >= 15 is 0 Å². The highest BCUT2D eigenvalue weighted by Gasteiger charge is 2.14. The van der Waals surface area contributed by atoms with E-state index in [2.05, 4.69) is 0 Å². The maximum absolute atomic E-state index is 9.53. The second-order valence-corrected chi connectivity index (χ2v) is 3.20. The molecule has 1 unspecified atom stereocenters. The molecule has 72 valence electrons. The summed E-state index contributed by atoms with van der Waals surface area (Å²) in [4.78, 5) is 0. The summed E-state index contributed by atoms with van der Waals surface area (Å²) in [6.07, 6.45) is 0. The molecule has 0 aliphatic heterocycles. The van der Waals surface area contributed by atoms with Crippen LogP contribution in [0.1, 0.15) is 11.5 Å². The number of benzene rings is 1. The summed E-state index contributed by atoms with van der Waals surface area (Å²) in [5.74, 6) is -0.243. The lowest BCUT2D eigenvalue weighted by Crippen LogP contribution is -2.16. The molecule has 0 aromatic heterocycles. The molecule has 1 aromatic carbocycles. The number of phenols is 1. The van der Waals surface area contributed by atoms with Gasteiger partial charge in [0.25, 0.3) is 0 Å². The first-order valence-electron chi connectivity index (χ1n) is 3.99. The number of phenolic OH excluding ortho intramolecular Hbond substituents is 1. The Labute approximate surface area is 81.8 Å². The van der Waals surface area contributed by atoms with Gasteiger partial charge < -0.3 is 15.9 Å². The fraction of sp³-hybridized carbons (Fsp3) is 0.333. The number of aliphatic hydroxyl groups is 1. The van der Waals surface area contributed by atoms with Crippen molar-refractivity contribution in [3.8, 4) is 5.75 Å². The molecule has 0 aliphatic rings. The topological polar surface area (TPSA) is 66.5 Å². The van der Waals surface area contributed by atoms with Crippen LogP contribution < -0.4 is 5.73 Å². The van der Waals surface area contributed by atoms with Crippen molar-refractivity contribution in [1.82, 2.24) is 0 Å². The highest BCUT2D eigenvalue weighted by atomic mass is 35.5. The Balaban J connectivity index is 3.05. The van der Waals surface area contributed by atoms with Gasteiger partial charge >= 0.3 is 0 Å². The van der Waals surface area contributed by atoms with Gasteiger partial charge in [-0.15, -0.1) is 0 Å². The van der Waals surface area contributed by atoms with Gasteiger partial charge in [-0.3, -0.25) is 0 Å². The molecule has 0 fully saturated rings. The van der Waals surface area contributed by atoms with E-state index in [0.717, 1.165) is 0 Å². The highest BCUT2D eigenvalue weighted by molar-refractivity contribution is 6.32. The maximum atomic E-state index is 9.53. The van der Waals surface area contributed by atoms with E-state index in [4.69, 9.17) is 22.4 Å². The molecule has 0 bridgehead atoms. The summed E-state index contributed by atoms with van der Waals surface area (Å²) in [6, 6.07) is 5.01. The van der Waals surface area contributed by atoms with E-state index < -0.39 is 0 Å². The monoisotopic (exact) mass is 201 g/mol. The molecular formula is C9H12ClNO2. The van der Waals surface area contributed by atoms with Crippen LogP contribution >= 0.6 is 11.6 Å². The zero-order chi connectivity index (χ0) is 9.84. The molecule has 0 saturated heterocycles. The van der Waals surface area contributed by atoms with Crippen molar-refractivity contribution in [2.75, 3.05) is 13.2 Å². The first kappa shape index (κ1) is 10.3. The van der Waals surface area contributed by atoms with Crippen molar-refractivity contribution in [3.05, 3.63) is 28.8 Å². The molecule has 1 atom stereocenters. The van der Waals surface area contributed by atoms with E-state index in [1.165, 1.54) is 0 Å². The average molecular weight is 202 g/mol. The van der Waals surface area contributed by atoms with Crippen molar-refractivity contribution in [2.24, 2.45) is 5.73 Å². The third-order valence-electron chi connectivity index (χ3n) is 1.96. The molecule has 4 N–H and O–H groups in total. The Bertz CT molecular complexity index is 287. The standard InChI is InChI=1S/C9H12ClNO2/c10-8-3-1-2-7(9(8)13)6(4-11)5-12/h1-3,6,12-13H,4-5,11H2. The number of halogens is 1. The van der Waals surface area contributed by atoms with Crippen LogP contribution in [0.2, 0.25) is 5.02 Å². The van der Waals surface area contributed by atoms with Crippen LogP contribution in [0.25, 0.3) is 0 Å². The molecule has 0 saturated carbocycles. The number of aromatic hydroxyl groups is 1. The number of hydrogen-bond donors (Lipinski definition) is 3. The van der Waals surface area contributed by atoms with Crippen LogP contribution in [0.15, 0.2) is 18.2 Å². The molecule has 1 rings (SSSR count). The summed E-state index contributed by atoms with van der Waals surface area (Å²) in [6.45, 7) is 0.189. The maximum Gasteiger partial charge on any atom is 0.137 e. The Kier molecular flexibility index (Phi) is 3.54. The zero-order valence-electron chi connectivity index (χ0n) is 7.07. The predicted octanol–water partition coefficient (Wildman–Crippen LogP) is 1.08. The normalized spacial score (nSPS) is 12.8. The molecule has 1 aromatic rings. The van der Waals surface area contributed by atoms with Gasteiger partial charge in [0.1, 0.15) is 5.75 Å². The molecular weight excluding hydrogens is 190 g/mol. The lowest BCUT2D eigenvalue weighted by Gasteiger charge is -2.13. The summed E-state index contributed by atoms with van der Waals surface area (Å²) < 4.78 is 0. The second kappa shape index (κ2) is 4.46. The first-order chi connectivity index (χ1) is 6.20. The second-order valence-electron chi connectivity index (χ2n) is 2.79. The summed E-state index contributed by atoms with van der Waals surface area (Å²) in [5, 5.41) is 18.8. The Hall–Kier alpha value is -0.770. The third-order valence-corrected chi connectivity index (χ3v) is 2.27. The van der Waals surface area contributed by atoms with E-state index in [1.807, 2.05) is 0 Å². The fourth-order valence-electron chi connectivity index (χ4n) is 1.16. The molecule has 3 nitrogen and oxygen atoms in total. The number of rotatable bonds is 3. The number of para-hydroxylation sites is 1. The van der Waals surface area contributed by atoms with Gasteiger partial charge in [-0.25, -0.2) is 0 Å². The van der Waals surface area contributed by atoms with Crippen molar-refractivity contribution in [2.45, 2.75) is 5.92 Å². The number of aliphatic hydroxyl groups excluding tert-OH is 1. The molecule has 0 aliphatic carbocycles. The number of nitrogens with two attached hydrogens (primary N) is 1. The van der Waals surface area contributed by atoms with Crippen LogP contribution in [0.3, 0.4) is 0 Å². The Morgan fingerprint density at radius 3 is 2.69 bits per heavy atom. The molecule has 0 spiro atoms. The van der Waals surface area contributed by atoms with Crippen LogP contribution in [-0.4, -0.2) is 23.4 Å². The van der Waals surface area contributed by atoms with E-state index in [0.29, 0.717) is 5.56 Å². The largest absolute Gasteiger partial charge is 0.506 e. The van der Waals surface area contributed by atoms with Crippen LogP contribution in [-0.2, 0) is 0 Å².